The second kappa shape index (κ2) is 10.2. The van der Waals surface area contributed by atoms with Crippen LogP contribution in [0.4, 0.5) is 5.13 Å². The maximum atomic E-state index is 12.7. The van der Waals surface area contributed by atoms with E-state index >= 15 is 0 Å². The van der Waals surface area contributed by atoms with Gasteiger partial charge in [0.15, 0.2) is 11.7 Å². The van der Waals surface area contributed by atoms with Crippen molar-refractivity contribution in [2.24, 2.45) is 0 Å². The Morgan fingerprint density at radius 3 is 2.50 bits per heavy atom. The van der Waals surface area contributed by atoms with Gasteiger partial charge in [0, 0.05) is 6.42 Å². The molecule has 2 N–H and O–H groups in total. The summed E-state index contributed by atoms with van der Waals surface area (Å²) in [7, 11) is 0. The fourth-order valence-electron chi connectivity index (χ4n) is 3.00. The number of hydrogen-bond donors (Lipinski definition) is 2. The fourth-order valence-corrected chi connectivity index (χ4v) is 4.51. The molecule has 0 aliphatic carbocycles. The van der Waals surface area contributed by atoms with E-state index in [2.05, 4.69) is 15.6 Å². The number of rotatable bonds is 8. The maximum absolute atomic E-state index is 12.7. The molecule has 4 aromatic rings. The lowest BCUT2D eigenvalue weighted by molar-refractivity contribution is -0.149. The largest absolute Gasteiger partial charge is 0.454 e. The number of nitrogens with one attached hydrogen (secondary N) is 2. The summed E-state index contributed by atoms with van der Waals surface area (Å²) in [6.07, 6.45) is 0.246. The van der Waals surface area contributed by atoms with Gasteiger partial charge in [-0.25, -0.2) is 9.78 Å². The van der Waals surface area contributed by atoms with E-state index in [1.807, 2.05) is 54.6 Å². The minimum atomic E-state index is -0.928. The highest BCUT2D eigenvalue weighted by Gasteiger charge is 2.24. The third-order valence-corrected chi connectivity index (χ3v) is 6.32. The summed E-state index contributed by atoms with van der Waals surface area (Å²) in [5.74, 6) is -1.55. The van der Waals surface area contributed by atoms with Crippen molar-refractivity contribution in [3.8, 4) is 0 Å². The van der Waals surface area contributed by atoms with Crippen LogP contribution in [0.25, 0.3) is 10.2 Å². The molecule has 0 aliphatic rings. The molecule has 2 aromatic carbocycles. The first kappa shape index (κ1) is 21.7. The molecule has 1 atom stereocenters. The highest BCUT2D eigenvalue weighted by Crippen LogP contribution is 2.25. The number of aromatic nitrogens is 1. The fraction of sp³-hybridized carbons (Fsp3) is 0.130. The number of para-hydroxylation sites is 1. The number of nitrogens with zero attached hydrogens (tertiary/aromatic N) is 1. The van der Waals surface area contributed by atoms with Gasteiger partial charge in [0.2, 0.25) is 0 Å². The van der Waals surface area contributed by atoms with Gasteiger partial charge in [0.05, 0.1) is 15.1 Å². The maximum Gasteiger partial charge on any atom is 0.329 e. The lowest BCUT2D eigenvalue weighted by Gasteiger charge is -2.17. The normalized spacial score (nSPS) is 11.6. The van der Waals surface area contributed by atoms with Crippen LogP contribution in [0, 0.1) is 0 Å². The minimum absolute atomic E-state index is 0.246. The number of hydrogen-bond acceptors (Lipinski definition) is 7. The first-order chi connectivity index (χ1) is 15.6. The number of carbonyl (C=O) groups excluding carboxylic acids is 3. The second-order valence-corrected chi connectivity index (χ2v) is 8.81. The number of esters is 1. The van der Waals surface area contributed by atoms with Crippen molar-refractivity contribution in [2.45, 2.75) is 12.5 Å². The molecule has 0 unspecified atom stereocenters. The standard InChI is InChI=1S/C23H19N3O4S2/c27-20(26-23-25-16-9-4-5-10-18(16)32-23)14-30-22(29)17(13-15-7-2-1-3-8-15)24-21(28)19-11-6-12-31-19/h1-12,17H,13-14H2,(H,24,28)(H,25,26,27)/t17-/m0/s1. The Balaban J connectivity index is 1.38. The third kappa shape index (κ3) is 5.57. The van der Waals surface area contributed by atoms with Crippen LogP contribution >= 0.6 is 22.7 Å². The number of fused-ring (bicyclic) bond motifs is 1. The summed E-state index contributed by atoms with van der Waals surface area (Å²) in [5.41, 5.74) is 1.64. The van der Waals surface area contributed by atoms with E-state index < -0.39 is 24.5 Å². The van der Waals surface area contributed by atoms with Crippen LogP contribution in [0.1, 0.15) is 15.2 Å². The van der Waals surface area contributed by atoms with Crippen LogP contribution in [-0.2, 0) is 20.7 Å². The van der Waals surface area contributed by atoms with Crippen molar-refractivity contribution in [3.05, 3.63) is 82.6 Å². The predicted octanol–water partition coefficient (Wildman–Crippen LogP) is 3.88. The average Bonchev–Trinajstić information content (AvgIpc) is 3.47. The molecule has 7 nitrogen and oxygen atoms in total. The molecule has 9 heteroatoms. The van der Waals surface area contributed by atoms with Gasteiger partial charge in [0.25, 0.3) is 11.8 Å². The zero-order valence-corrected chi connectivity index (χ0v) is 18.4. The molecule has 2 amide bonds. The Morgan fingerprint density at radius 1 is 0.969 bits per heavy atom. The summed E-state index contributed by atoms with van der Waals surface area (Å²) >= 11 is 2.61. The van der Waals surface area contributed by atoms with Crippen molar-refractivity contribution < 1.29 is 19.1 Å². The van der Waals surface area contributed by atoms with Crippen molar-refractivity contribution in [1.82, 2.24) is 10.3 Å². The molecule has 0 saturated heterocycles. The van der Waals surface area contributed by atoms with Gasteiger partial charge in [0.1, 0.15) is 6.04 Å². The van der Waals surface area contributed by atoms with E-state index in [1.54, 1.807) is 17.5 Å². The highest BCUT2D eigenvalue weighted by atomic mass is 32.1. The Kier molecular flexibility index (Phi) is 6.88. The lowest BCUT2D eigenvalue weighted by Crippen LogP contribution is -2.43. The predicted molar refractivity (Wildman–Crippen MR) is 125 cm³/mol. The van der Waals surface area contributed by atoms with Gasteiger partial charge >= 0.3 is 5.97 Å². The summed E-state index contributed by atoms with van der Waals surface area (Å²) < 4.78 is 6.16. The molecule has 2 aromatic heterocycles. The van der Waals surface area contributed by atoms with Crippen molar-refractivity contribution >= 4 is 55.8 Å². The average molecular weight is 466 g/mol. The van der Waals surface area contributed by atoms with Gasteiger partial charge in [-0.1, -0.05) is 59.9 Å². The molecule has 162 valence electrons. The molecule has 0 fully saturated rings. The van der Waals surface area contributed by atoms with E-state index in [4.69, 9.17) is 4.74 Å². The number of anilines is 1. The Bertz CT molecular complexity index is 1190. The zero-order chi connectivity index (χ0) is 22.3. The molecule has 4 rings (SSSR count). The number of benzene rings is 2. The first-order valence-corrected chi connectivity index (χ1v) is 11.5. The summed E-state index contributed by atoms with van der Waals surface area (Å²) in [6.45, 7) is -0.477. The third-order valence-electron chi connectivity index (χ3n) is 4.50. The van der Waals surface area contributed by atoms with Crippen LogP contribution in [0.2, 0.25) is 0 Å². The lowest BCUT2D eigenvalue weighted by atomic mass is 10.1. The van der Waals surface area contributed by atoms with Crippen LogP contribution < -0.4 is 10.6 Å². The number of thiophene rings is 1. The molecule has 0 bridgehead atoms. The van der Waals surface area contributed by atoms with E-state index in [-0.39, 0.29) is 12.3 Å². The zero-order valence-electron chi connectivity index (χ0n) is 16.8. The van der Waals surface area contributed by atoms with Crippen LogP contribution in [-0.4, -0.2) is 35.4 Å². The minimum Gasteiger partial charge on any atom is -0.454 e. The topological polar surface area (TPSA) is 97.4 Å². The number of amides is 2. The quantitative estimate of drug-likeness (QED) is 0.385. The summed E-state index contributed by atoms with van der Waals surface area (Å²) in [4.78, 5) is 42.3. The molecular formula is C23H19N3O4S2. The van der Waals surface area contributed by atoms with E-state index in [1.165, 1.54) is 22.7 Å². The Labute approximate surface area is 192 Å². The van der Waals surface area contributed by atoms with Crippen LogP contribution in [0.5, 0.6) is 0 Å². The number of ether oxygens (including phenoxy) is 1. The smallest absolute Gasteiger partial charge is 0.329 e. The molecule has 2 heterocycles. The molecule has 32 heavy (non-hydrogen) atoms. The highest BCUT2D eigenvalue weighted by molar-refractivity contribution is 7.22. The van der Waals surface area contributed by atoms with Crippen molar-refractivity contribution in [2.75, 3.05) is 11.9 Å². The van der Waals surface area contributed by atoms with E-state index in [9.17, 15) is 14.4 Å². The van der Waals surface area contributed by atoms with E-state index in [0.717, 1.165) is 15.8 Å². The molecule has 0 saturated carbocycles. The first-order valence-electron chi connectivity index (χ1n) is 9.79. The van der Waals surface area contributed by atoms with Crippen LogP contribution in [0.3, 0.4) is 0 Å². The number of carbonyl (C=O) groups is 3. The van der Waals surface area contributed by atoms with Crippen molar-refractivity contribution in [3.63, 3.8) is 0 Å². The summed E-state index contributed by atoms with van der Waals surface area (Å²) in [6, 6.07) is 19.3. The molecule has 0 spiro atoms. The van der Waals surface area contributed by atoms with Gasteiger partial charge in [-0.05, 0) is 29.1 Å². The van der Waals surface area contributed by atoms with Crippen molar-refractivity contribution in [1.29, 1.82) is 0 Å². The molecular weight excluding hydrogens is 446 g/mol. The van der Waals surface area contributed by atoms with Gasteiger partial charge < -0.3 is 10.1 Å². The second-order valence-electron chi connectivity index (χ2n) is 6.84. The monoisotopic (exact) mass is 465 g/mol. The van der Waals surface area contributed by atoms with Gasteiger partial charge in [-0.15, -0.1) is 11.3 Å². The molecule has 0 aliphatic heterocycles. The SMILES string of the molecule is O=C(COC(=O)[C@H](Cc1ccccc1)NC(=O)c1cccs1)Nc1nc2ccccc2s1. The Morgan fingerprint density at radius 2 is 1.75 bits per heavy atom. The molecule has 0 radical (unpaired) electrons. The van der Waals surface area contributed by atoms with Crippen LogP contribution in [0.15, 0.2) is 72.1 Å². The van der Waals surface area contributed by atoms with Gasteiger partial charge in [-0.2, -0.15) is 0 Å². The van der Waals surface area contributed by atoms with Gasteiger partial charge in [-0.3, -0.25) is 14.9 Å². The number of thiazole rings is 1. The Hall–Kier alpha value is -3.56. The van der Waals surface area contributed by atoms with E-state index in [0.29, 0.717) is 10.0 Å². The summed E-state index contributed by atoms with van der Waals surface area (Å²) in [5, 5.41) is 7.57.